The molecule has 3 N–H and O–H groups in total. The average Bonchev–Trinajstić information content (AvgIpc) is 3.04. The quantitative estimate of drug-likeness (QED) is 0.104. The van der Waals surface area contributed by atoms with Gasteiger partial charge in [-0.2, -0.15) is 0 Å². The number of nitrogen functional groups attached to an aromatic ring is 1. The molecule has 1 aliphatic rings. The maximum absolute atomic E-state index is 11.9. The highest BCUT2D eigenvalue weighted by Gasteiger charge is 2.32. The zero-order valence-electron chi connectivity index (χ0n) is 25.5. The Balaban J connectivity index is 0.000000186. The summed E-state index contributed by atoms with van der Waals surface area (Å²) >= 11 is 6.38. The fraction of sp³-hybridized carbons (Fsp3) is 0.189. The maximum Gasteiger partial charge on any atom is 0.326 e. The van der Waals surface area contributed by atoms with Crippen LogP contribution in [0.25, 0.3) is 21.5 Å². The van der Waals surface area contributed by atoms with Crippen LogP contribution in [-0.2, 0) is 22.6 Å². The first-order chi connectivity index (χ1) is 21.6. The topological polar surface area (TPSA) is 95.7 Å². The van der Waals surface area contributed by atoms with Crippen LogP contribution in [0.4, 0.5) is 5.69 Å². The molecule has 0 radical (unpaired) electrons. The smallest absolute Gasteiger partial charge is 0.326 e. The van der Waals surface area contributed by atoms with Crippen molar-refractivity contribution >= 4 is 44.8 Å². The van der Waals surface area contributed by atoms with Crippen molar-refractivity contribution in [3.63, 3.8) is 0 Å². The molecule has 1 aromatic heterocycles. The van der Waals surface area contributed by atoms with E-state index in [2.05, 4.69) is 10.3 Å². The van der Waals surface area contributed by atoms with Crippen LogP contribution in [0.5, 0.6) is 11.5 Å². The van der Waals surface area contributed by atoms with Gasteiger partial charge in [-0.15, -0.1) is 11.6 Å². The number of nitrogens with two attached hydrogens (primary N) is 1. The molecule has 6 rings (SSSR count). The van der Waals surface area contributed by atoms with Gasteiger partial charge >= 0.3 is 5.97 Å². The summed E-state index contributed by atoms with van der Waals surface area (Å²) in [6.07, 6.45) is 9.83. The molecule has 230 valence electrons. The highest BCUT2D eigenvalue weighted by Crippen LogP contribution is 2.31. The fourth-order valence-corrected chi connectivity index (χ4v) is 5.25. The SMILES string of the molecule is COC(=O)C(C)(Cl)Cc1cccc2cc(OC3(C)C=CC=CN3)ccc12.Nc1ccc2cc(OCc3ccccn3)ccc2c1. The minimum Gasteiger partial charge on any atom is -0.487 e. The van der Waals surface area contributed by atoms with E-state index in [1.807, 2.05) is 122 Å². The number of hydrogen-bond donors (Lipinski definition) is 2. The van der Waals surface area contributed by atoms with E-state index in [1.165, 1.54) is 7.11 Å². The minimum atomic E-state index is -1.10. The number of benzene rings is 4. The lowest BCUT2D eigenvalue weighted by molar-refractivity contribution is -0.143. The first-order valence-corrected chi connectivity index (χ1v) is 14.9. The molecule has 1 aliphatic heterocycles. The van der Waals surface area contributed by atoms with Crippen molar-refractivity contribution in [2.75, 3.05) is 12.8 Å². The summed E-state index contributed by atoms with van der Waals surface area (Å²) in [5.41, 5.74) is 7.85. The standard InChI is InChI=1S/C21H22ClNO3.C16H14N2O/c1-20(22,19(24)25-3)14-16-8-6-7-15-13-17(9-10-18(15)16)26-21(2)11-4-5-12-23-21;17-14-6-4-13-10-16(7-5-12(13)9-14)19-11-15-3-1-2-8-18-15/h4-13,23H,14H2,1-3H3;1-10H,11,17H2. The molecular weight excluding hydrogens is 586 g/mol. The third-order valence-corrected chi connectivity index (χ3v) is 7.63. The number of fused-ring (bicyclic) bond motifs is 2. The number of rotatable bonds is 8. The number of ether oxygens (including phenoxy) is 3. The normalized spacial score (nSPS) is 16.6. The van der Waals surface area contributed by atoms with Crippen LogP contribution in [0.15, 0.2) is 122 Å². The molecule has 0 amide bonds. The number of aromatic nitrogens is 1. The second kappa shape index (κ2) is 13.7. The Bertz CT molecular complexity index is 1860. The Labute approximate surface area is 268 Å². The number of alkyl halides is 1. The number of methoxy groups -OCH3 is 1. The summed E-state index contributed by atoms with van der Waals surface area (Å²) in [5, 5.41) is 7.49. The average molecular weight is 622 g/mol. The zero-order chi connectivity index (χ0) is 31.9. The first-order valence-electron chi connectivity index (χ1n) is 14.6. The van der Waals surface area contributed by atoms with Crippen LogP contribution >= 0.6 is 11.6 Å². The zero-order valence-corrected chi connectivity index (χ0v) is 26.3. The second-order valence-electron chi connectivity index (χ2n) is 11.1. The highest BCUT2D eigenvalue weighted by atomic mass is 35.5. The van der Waals surface area contributed by atoms with E-state index in [9.17, 15) is 4.79 Å². The molecule has 0 bridgehead atoms. The van der Waals surface area contributed by atoms with E-state index in [0.717, 1.165) is 50.0 Å². The predicted molar refractivity (Wildman–Crippen MR) is 181 cm³/mol. The molecule has 0 aliphatic carbocycles. The molecule has 0 saturated carbocycles. The molecule has 0 fully saturated rings. The predicted octanol–water partition coefficient (Wildman–Crippen LogP) is 7.72. The van der Waals surface area contributed by atoms with Crippen LogP contribution in [0, 0.1) is 0 Å². The molecule has 7 nitrogen and oxygen atoms in total. The number of esters is 1. The molecule has 5 aromatic rings. The summed E-state index contributed by atoms with van der Waals surface area (Å²) in [7, 11) is 1.35. The van der Waals surface area contributed by atoms with Gasteiger partial charge in [0.1, 0.15) is 23.0 Å². The van der Waals surface area contributed by atoms with Crippen LogP contribution in [-0.4, -0.2) is 28.7 Å². The second-order valence-corrected chi connectivity index (χ2v) is 11.9. The lowest BCUT2D eigenvalue weighted by Gasteiger charge is -2.29. The van der Waals surface area contributed by atoms with Gasteiger partial charge in [-0.25, -0.2) is 0 Å². The lowest BCUT2D eigenvalue weighted by atomic mass is 9.95. The van der Waals surface area contributed by atoms with Gasteiger partial charge in [0.05, 0.1) is 12.8 Å². The van der Waals surface area contributed by atoms with E-state index in [1.54, 1.807) is 13.1 Å². The molecule has 4 aromatic carbocycles. The van der Waals surface area contributed by atoms with E-state index < -0.39 is 16.6 Å². The van der Waals surface area contributed by atoms with Crippen molar-refractivity contribution in [3.8, 4) is 11.5 Å². The Morgan fingerprint density at radius 2 is 1.71 bits per heavy atom. The number of carbonyl (C=O) groups is 1. The molecule has 0 saturated heterocycles. The summed E-state index contributed by atoms with van der Waals surface area (Å²) in [4.78, 5) is 15.0. The largest absolute Gasteiger partial charge is 0.487 e. The molecule has 45 heavy (non-hydrogen) atoms. The Morgan fingerprint density at radius 1 is 0.933 bits per heavy atom. The molecular formula is C37H36ClN3O4. The summed E-state index contributed by atoms with van der Waals surface area (Å²) in [5.74, 6) is 1.15. The Morgan fingerprint density at radius 3 is 2.47 bits per heavy atom. The Kier molecular flexibility index (Phi) is 9.59. The number of anilines is 1. The third kappa shape index (κ3) is 8.13. The van der Waals surface area contributed by atoms with Gasteiger partial charge in [-0.3, -0.25) is 9.78 Å². The van der Waals surface area contributed by atoms with Gasteiger partial charge in [0.25, 0.3) is 0 Å². The molecule has 2 atom stereocenters. The van der Waals surface area contributed by atoms with Crippen molar-refractivity contribution in [1.82, 2.24) is 10.3 Å². The third-order valence-electron chi connectivity index (χ3n) is 7.35. The number of carbonyl (C=O) groups excluding carboxylic acids is 1. The van der Waals surface area contributed by atoms with Crippen LogP contribution in [0.1, 0.15) is 25.1 Å². The van der Waals surface area contributed by atoms with E-state index >= 15 is 0 Å². The van der Waals surface area contributed by atoms with Gasteiger partial charge < -0.3 is 25.3 Å². The number of halogens is 1. The fourth-order valence-electron chi connectivity index (χ4n) is 5.03. The molecule has 0 spiro atoms. The number of nitrogens with one attached hydrogen (secondary N) is 1. The van der Waals surface area contributed by atoms with E-state index in [4.69, 9.17) is 31.5 Å². The van der Waals surface area contributed by atoms with Gasteiger partial charge in [0, 0.05) is 24.5 Å². The number of pyridine rings is 1. The molecule has 2 heterocycles. The summed E-state index contributed by atoms with van der Waals surface area (Å²) in [6, 6.07) is 29.5. The van der Waals surface area contributed by atoms with E-state index in [-0.39, 0.29) is 0 Å². The van der Waals surface area contributed by atoms with Gasteiger partial charge in [0.15, 0.2) is 5.72 Å². The Hall–Kier alpha value is -5.01. The first kappa shape index (κ1) is 31.4. The van der Waals surface area contributed by atoms with E-state index in [0.29, 0.717) is 13.0 Å². The van der Waals surface area contributed by atoms with Crippen molar-refractivity contribution in [3.05, 3.63) is 133 Å². The van der Waals surface area contributed by atoms with Gasteiger partial charge in [-0.05, 0) is 102 Å². The number of hydrogen-bond acceptors (Lipinski definition) is 7. The van der Waals surface area contributed by atoms with Crippen molar-refractivity contribution in [1.29, 1.82) is 0 Å². The maximum atomic E-state index is 11.9. The van der Waals surface area contributed by atoms with Gasteiger partial charge in [0.2, 0.25) is 0 Å². The van der Waals surface area contributed by atoms with Gasteiger partial charge in [-0.1, -0.05) is 48.5 Å². The number of dihydropyridines is 1. The summed E-state index contributed by atoms with van der Waals surface area (Å²) in [6.45, 7) is 4.11. The minimum absolute atomic E-state index is 0.381. The van der Waals surface area contributed by atoms with Crippen molar-refractivity contribution in [2.24, 2.45) is 0 Å². The molecule has 2 unspecified atom stereocenters. The molecule has 8 heteroatoms. The van der Waals surface area contributed by atoms with Crippen molar-refractivity contribution < 1.29 is 19.0 Å². The lowest BCUT2D eigenvalue weighted by Crippen LogP contribution is -2.43. The van der Waals surface area contributed by atoms with Crippen molar-refractivity contribution in [2.45, 2.75) is 37.5 Å². The summed E-state index contributed by atoms with van der Waals surface area (Å²) < 4.78 is 16.6. The monoisotopic (exact) mass is 621 g/mol. The van der Waals surface area contributed by atoms with Crippen LogP contribution in [0.3, 0.4) is 0 Å². The number of nitrogens with zero attached hydrogens (tertiary/aromatic N) is 1. The highest BCUT2D eigenvalue weighted by molar-refractivity contribution is 6.33. The van der Waals surface area contributed by atoms with Crippen LogP contribution < -0.4 is 20.5 Å². The number of allylic oxidation sites excluding steroid dienone is 2. The van der Waals surface area contributed by atoms with Crippen LogP contribution in [0.2, 0.25) is 0 Å².